The zero-order valence-electron chi connectivity index (χ0n) is 18.4. The Bertz CT molecular complexity index is 1400. The number of pyridine rings is 1. The van der Waals surface area contributed by atoms with Gasteiger partial charge in [-0.1, -0.05) is 96.5 Å². The van der Waals surface area contributed by atoms with Gasteiger partial charge in [0, 0.05) is 22.5 Å². The Hall–Kier alpha value is -3.99. The summed E-state index contributed by atoms with van der Waals surface area (Å²) in [5.41, 5.74) is 11.2. The molecule has 3 N–H and O–H groups in total. The van der Waals surface area contributed by atoms with Crippen molar-refractivity contribution >= 4 is 28.5 Å². The van der Waals surface area contributed by atoms with E-state index in [0.29, 0.717) is 23.1 Å². The highest BCUT2D eigenvalue weighted by Crippen LogP contribution is 2.27. The van der Waals surface area contributed by atoms with Crippen LogP contribution in [-0.2, 0) is 6.54 Å². The molecule has 0 radical (unpaired) electrons. The highest BCUT2D eigenvalue weighted by molar-refractivity contribution is 6.30. The van der Waals surface area contributed by atoms with Crippen molar-refractivity contribution in [1.82, 2.24) is 4.98 Å². The summed E-state index contributed by atoms with van der Waals surface area (Å²) < 4.78 is 0. The van der Waals surface area contributed by atoms with E-state index in [1.807, 2.05) is 84.9 Å². The van der Waals surface area contributed by atoms with Crippen molar-refractivity contribution in [2.45, 2.75) is 6.54 Å². The molecule has 0 unspecified atom stereocenters. The fraction of sp³-hybridized carbons (Fsp3) is 0.0345. The van der Waals surface area contributed by atoms with Crippen LogP contribution in [0.3, 0.4) is 0 Å². The highest BCUT2D eigenvalue weighted by atomic mass is 35.5. The van der Waals surface area contributed by atoms with Crippen molar-refractivity contribution in [2.24, 2.45) is 5.73 Å². The topological polar surface area (TPSA) is 76.2 Å². The standard InChI is InChI=1S/C22H15NO2.C7H8ClN/c24-22(25)19-14-21(23-20-9-5-4-8-18(19)20)17-12-10-16(11-13-17)15-6-2-1-3-7-15;8-7-3-1-6(5-9)2-4-7/h1-14H,(H,24,25);1-4H,5,9H2. The Kier molecular flexibility index (Phi) is 7.33. The van der Waals surface area contributed by atoms with Gasteiger partial charge in [-0.05, 0) is 41.0 Å². The van der Waals surface area contributed by atoms with E-state index < -0.39 is 5.97 Å². The number of benzene rings is 4. The van der Waals surface area contributed by atoms with Gasteiger partial charge in [0.1, 0.15) is 0 Å². The van der Waals surface area contributed by atoms with Crippen LogP contribution in [0.5, 0.6) is 0 Å². The van der Waals surface area contributed by atoms with Gasteiger partial charge in [-0.15, -0.1) is 0 Å². The third kappa shape index (κ3) is 5.49. The average Bonchev–Trinajstić information content (AvgIpc) is 2.89. The number of aromatic carboxylic acids is 1. The van der Waals surface area contributed by atoms with E-state index in [2.05, 4.69) is 17.1 Å². The number of hydrogen-bond donors (Lipinski definition) is 2. The Morgan fingerprint density at radius 2 is 1.35 bits per heavy atom. The molecule has 0 aliphatic carbocycles. The van der Waals surface area contributed by atoms with E-state index in [-0.39, 0.29) is 5.56 Å². The van der Waals surface area contributed by atoms with Crippen molar-refractivity contribution in [1.29, 1.82) is 0 Å². The predicted octanol–water partition coefficient (Wildman–Crippen LogP) is 7.07. The predicted molar refractivity (Wildman–Crippen MR) is 139 cm³/mol. The SMILES string of the molecule is NCc1ccc(Cl)cc1.O=C(O)c1cc(-c2ccc(-c3ccccc3)cc2)nc2ccccc12. The van der Waals surface area contributed by atoms with Gasteiger partial charge in [-0.3, -0.25) is 0 Å². The molecule has 0 aliphatic heterocycles. The second kappa shape index (κ2) is 10.8. The zero-order chi connectivity index (χ0) is 23.9. The summed E-state index contributed by atoms with van der Waals surface area (Å²) in [5.74, 6) is -0.944. The Labute approximate surface area is 203 Å². The lowest BCUT2D eigenvalue weighted by Crippen LogP contribution is -2.00. The fourth-order valence-electron chi connectivity index (χ4n) is 3.58. The first-order valence-corrected chi connectivity index (χ1v) is 11.2. The minimum Gasteiger partial charge on any atom is -0.478 e. The third-order valence-electron chi connectivity index (χ3n) is 5.38. The molecule has 0 saturated carbocycles. The third-order valence-corrected chi connectivity index (χ3v) is 5.64. The van der Waals surface area contributed by atoms with Crippen molar-refractivity contribution in [3.05, 3.63) is 125 Å². The van der Waals surface area contributed by atoms with Crippen LogP contribution in [0.1, 0.15) is 15.9 Å². The van der Waals surface area contributed by atoms with Gasteiger partial charge < -0.3 is 10.8 Å². The monoisotopic (exact) mass is 466 g/mol. The maximum absolute atomic E-state index is 11.6. The Balaban J connectivity index is 0.000000257. The van der Waals surface area contributed by atoms with Crippen molar-refractivity contribution < 1.29 is 9.90 Å². The molecule has 0 spiro atoms. The molecule has 0 aliphatic rings. The minimum atomic E-state index is -0.944. The van der Waals surface area contributed by atoms with Crippen molar-refractivity contribution in [2.75, 3.05) is 0 Å². The lowest BCUT2D eigenvalue weighted by molar-refractivity contribution is 0.0699. The number of aromatic nitrogens is 1. The first-order valence-electron chi connectivity index (χ1n) is 10.8. The number of nitrogens with zero attached hydrogens (tertiary/aromatic N) is 1. The van der Waals surface area contributed by atoms with Crippen LogP contribution in [0, 0.1) is 0 Å². The minimum absolute atomic E-state index is 0.271. The van der Waals surface area contributed by atoms with E-state index in [0.717, 1.165) is 27.3 Å². The molecule has 5 rings (SSSR count). The second-order valence-corrected chi connectivity index (χ2v) is 8.09. The number of carboxylic acid groups (broad SMARTS) is 1. The fourth-order valence-corrected chi connectivity index (χ4v) is 3.71. The number of carboxylic acids is 1. The van der Waals surface area contributed by atoms with E-state index >= 15 is 0 Å². The lowest BCUT2D eigenvalue weighted by Gasteiger charge is -2.08. The number of halogens is 1. The first kappa shape index (κ1) is 23.2. The number of hydrogen-bond acceptors (Lipinski definition) is 3. The maximum Gasteiger partial charge on any atom is 0.336 e. The molecule has 0 saturated heterocycles. The van der Waals surface area contributed by atoms with Gasteiger partial charge in [0.2, 0.25) is 0 Å². The van der Waals surface area contributed by atoms with Gasteiger partial charge >= 0.3 is 5.97 Å². The Morgan fingerprint density at radius 3 is 2.00 bits per heavy atom. The van der Waals surface area contributed by atoms with Crippen molar-refractivity contribution in [3.8, 4) is 22.4 Å². The van der Waals surface area contributed by atoms with Crippen LogP contribution in [0.15, 0.2) is 109 Å². The lowest BCUT2D eigenvalue weighted by atomic mass is 10.0. The first-order chi connectivity index (χ1) is 16.5. The van der Waals surface area contributed by atoms with Gasteiger partial charge in [0.15, 0.2) is 0 Å². The normalized spacial score (nSPS) is 10.4. The molecule has 0 fully saturated rings. The largest absolute Gasteiger partial charge is 0.478 e. The van der Waals surface area contributed by atoms with Crippen LogP contribution in [0.4, 0.5) is 0 Å². The highest BCUT2D eigenvalue weighted by Gasteiger charge is 2.12. The molecule has 4 nitrogen and oxygen atoms in total. The van der Waals surface area contributed by atoms with Crippen LogP contribution >= 0.6 is 11.6 Å². The molecular formula is C29H23ClN2O2. The van der Waals surface area contributed by atoms with Crippen LogP contribution in [0.2, 0.25) is 5.02 Å². The summed E-state index contributed by atoms with van der Waals surface area (Å²) in [5, 5.41) is 10.9. The number of fused-ring (bicyclic) bond motifs is 1. The van der Waals surface area contributed by atoms with E-state index in [4.69, 9.17) is 17.3 Å². The summed E-state index contributed by atoms with van der Waals surface area (Å²) in [6.07, 6.45) is 0. The molecule has 0 bridgehead atoms. The maximum atomic E-state index is 11.6. The van der Waals surface area contributed by atoms with E-state index in [1.165, 1.54) is 0 Å². The van der Waals surface area contributed by atoms with Gasteiger partial charge in [-0.2, -0.15) is 0 Å². The molecule has 1 aromatic heterocycles. The molecule has 0 atom stereocenters. The second-order valence-electron chi connectivity index (χ2n) is 7.65. The van der Waals surface area contributed by atoms with Crippen molar-refractivity contribution in [3.63, 3.8) is 0 Å². The smallest absolute Gasteiger partial charge is 0.336 e. The molecule has 168 valence electrons. The number of rotatable bonds is 4. The van der Waals surface area contributed by atoms with E-state index in [9.17, 15) is 9.90 Å². The molecule has 1 heterocycles. The molecule has 5 aromatic rings. The summed E-state index contributed by atoms with van der Waals surface area (Å²) in [6.45, 7) is 0.581. The molecular weight excluding hydrogens is 444 g/mol. The van der Waals surface area contributed by atoms with E-state index in [1.54, 1.807) is 12.1 Å². The molecule has 5 heteroatoms. The van der Waals surface area contributed by atoms with Gasteiger partial charge in [0.05, 0.1) is 16.8 Å². The van der Waals surface area contributed by atoms with Crippen LogP contribution < -0.4 is 5.73 Å². The number of carbonyl (C=O) groups is 1. The quantitative estimate of drug-likeness (QED) is 0.297. The number of nitrogens with two attached hydrogens (primary N) is 1. The molecule has 34 heavy (non-hydrogen) atoms. The summed E-state index contributed by atoms with van der Waals surface area (Å²) in [7, 11) is 0. The zero-order valence-corrected chi connectivity index (χ0v) is 19.1. The van der Waals surface area contributed by atoms with Gasteiger partial charge in [0.25, 0.3) is 0 Å². The van der Waals surface area contributed by atoms with Gasteiger partial charge in [-0.25, -0.2) is 9.78 Å². The Morgan fingerprint density at radius 1 is 0.765 bits per heavy atom. The summed E-state index contributed by atoms with van der Waals surface area (Å²) in [4.78, 5) is 16.2. The summed E-state index contributed by atoms with van der Waals surface area (Å²) >= 11 is 5.63. The summed E-state index contributed by atoms with van der Waals surface area (Å²) in [6, 6.07) is 34.6. The molecule has 4 aromatic carbocycles. The number of para-hydroxylation sites is 1. The average molecular weight is 467 g/mol. The molecule has 0 amide bonds. The van der Waals surface area contributed by atoms with Crippen LogP contribution in [-0.4, -0.2) is 16.1 Å². The van der Waals surface area contributed by atoms with Crippen LogP contribution in [0.25, 0.3) is 33.3 Å².